The maximum Gasteiger partial charge on any atom is 0.241 e. The highest BCUT2D eigenvalue weighted by molar-refractivity contribution is 6.01. The summed E-state index contributed by atoms with van der Waals surface area (Å²) in [5, 5.41) is 8.32. The monoisotopic (exact) mass is 248 g/mol. The zero-order valence-electron chi connectivity index (χ0n) is 10.3. The number of fused-ring (bicyclic) bond motifs is 1. The molecule has 0 aromatic heterocycles. The lowest BCUT2D eigenvalue weighted by Crippen LogP contribution is -2.35. The minimum Gasteiger partial charge on any atom is -0.397 e. The van der Waals surface area contributed by atoms with Gasteiger partial charge in [0.25, 0.3) is 0 Å². The Morgan fingerprint density at radius 2 is 2.22 bits per heavy atom. The van der Waals surface area contributed by atoms with E-state index in [1.54, 1.807) is 26.1 Å². The van der Waals surface area contributed by atoms with Crippen LogP contribution in [0.5, 0.6) is 0 Å². The van der Waals surface area contributed by atoms with Gasteiger partial charge in [-0.05, 0) is 24.6 Å². The van der Waals surface area contributed by atoms with Gasteiger partial charge in [0.15, 0.2) is 0 Å². The first kappa shape index (κ1) is 12.2. The van der Waals surface area contributed by atoms with Crippen molar-refractivity contribution in [3.05, 3.63) is 17.7 Å². The van der Waals surface area contributed by atoms with Crippen molar-refractivity contribution in [1.29, 1.82) is 0 Å². The number of hydrogen-bond donors (Lipinski definition) is 4. The average Bonchev–Trinajstić information content (AvgIpc) is 2.67. The van der Waals surface area contributed by atoms with Gasteiger partial charge in [0.05, 0.1) is 17.8 Å². The molecule has 6 heteroatoms. The first-order valence-electron chi connectivity index (χ1n) is 5.71. The van der Waals surface area contributed by atoms with Crippen LogP contribution >= 0.6 is 0 Å². The predicted octanol–water partition coefficient (Wildman–Crippen LogP) is 0.310. The molecule has 0 saturated heterocycles. The van der Waals surface area contributed by atoms with Gasteiger partial charge in [0, 0.05) is 12.7 Å². The molecule has 0 saturated carbocycles. The fourth-order valence-corrected chi connectivity index (χ4v) is 1.93. The topological polar surface area (TPSA) is 96.2 Å². The molecule has 96 valence electrons. The number of carbonyl (C=O) groups is 2. The summed E-state index contributed by atoms with van der Waals surface area (Å²) in [5.41, 5.74) is 8.71. The number of rotatable bonds is 3. The molecule has 1 atom stereocenters. The Morgan fingerprint density at radius 3 is 2.89 bits per heavy atom. The molecule has 0 spiro atoms. The number of nitrogens with two attached hydrogens (primary N) is 1. The van der Waals surface area contributed by atoms with Gasteiger partial charge in [0.1, 0.15) is 6.04 Å². The first-order chi connectivity index (χ1) is 8.51. The van der Waals surface area contributed by atoms with Crippen molar-refractivity contribution in [2.45, 2.75) is 19.4 Å². The summed E-state index contributed by atoms with van der Waals surface area (Å²) in [6.45, 7) is 1.74. The summed E-state index contributed by atoms with van der Waals surface area (Å²) >= 11 is 0. The van der Waals surface area contributed by atoms with E-state index in [2.05, 4.69) is 16.0 Å². The number of hydrogen-bond acceptors (Lipinski definition) is 4. The molecule has 18 heavy (non-hydrogen) atoms. The quantitative estimate of drug-likeness (QED) is 0.579. The molecular formula is C12H16N4O2. The molecule has 0 radical (unpaired) electrons. The highest BCUT2D eigenvalue weighted by Crippen LogP contribution is 2.31. The fraction of sp³-hybridized carbons (Fsp3) is 0.333. The molecule has 1 aromatic rings. The summed E-state index contributed by atoms with van der Waals surface area (Å²) in [6.07, 6.45) is 0.352. The predicted molar refractivity (Wildman–Crippen MR) is 70.3 cm³/mol. The van der Waals surface area contributed by atoms with Gasteiger partial charge in [0.2, 0.25) is 11.8 Å². The number of benzene rings is 1. The molecular weight excluding hydrogens is 232 g/mol. The summed E-state index contributed by atoms with van der Waals surface area (Å²) in [5.74, 6) is -0.167. The number of nitrogens with one attached hydrogen (secondary N) is 3. The molecule has 0 fully saturated rings. The third-order valence-corrected chi connectivity index (χ3v) is 2.91. The van der Waals surface area contributed by atoms with Crippen LogP contribution in [0.2, 0.25) is 0 Å². The highest BCUT2D eigenvalue weighted by Gasteiger charge is 2.20. The van der Waals surface area contributed by atoms with Gasteiger partial charge in [-0.15, -0.1) is 0 Å². The van der Waals surface area contributed by atoms with Crippen LogP contribution in [0.1, 0.15) is 12.5 Å². The summed E-state index contributed by atoms with van der Waals surface area (Å²) in [4.78, 5) is 22.7. The molecule has 1 aliphatic heterocycles. The standard InChI is InChI=1S/C12H16N4O2/c1-6(12(18)14-2)15-10-5-9-7(3-8(10)13)4-11(17)16-9/h3,5-6,15H,4,13H2,1-2H3,(H,14,18)(H,16,17). The number of carbonyl (C=O) groups excluding carboxylic acids is 2. The number of likely N-dealkylation sites (N-methyl/N-ethyl adjacent to an activating group) is 1. The van der Waals surface area contributed by atoms with Crippen molar-refractivity contribution in [2.75, 3.05) is 23.4 Å². The van der Waals surface area contributed by atoms with Gasteiger partial charge < -0.3 is 21.7 Å². The molecule has 2 rings (SSSR count). The van der Waals surface area contributed by atoms with E-state index in [0.29, 0.717) is 17.8 Å². The van der Waals surface area contributed by atoms with Crippen LogP contribution < -0.4 is 21.7 Å². The largest absolute Gasteiger partial charge is 0.397 e. The van der Waals surface area contributed by atoms with E-state index >= 15 is 0 Å². The van der Waals surface area contributed by atoms with Gasteiger partial charge >= 0.3 is 0 Å². The fourth-order valence-electron chi connectivity index (χ4n) is 1.93. The molecule has 5 N–H and O–H groups in total. The number of anilines is 3. The van der Waals surface area contributed by atoms with Crippen LogP contribution in [0.25, 0.3) is 0 Å². The van der Waals surface area contributed by atoms with E-state index in [1.165, 1.54) is 0 Å². The summed E-state index contributed by atoms with van der Waals surface area (Å²) in [6, 6.07) is 3.12. The van der Waals surface area contributed by atoms with Crippen LogP contribution in [0.4, 0.5) is 17.1 Å². The first-order valence-corrected chi connectivity index (χ1v) is 5.71. The maximum absolute atomic E-state index is 11.4. The smallest absolute Gasteiger partial charge is 0.241 e. The van der Waals surface area contributed by atoms with Crippen molar-refractivity contribution < 1.29 is 9.59 Å². The second-order valence-corrected chi connectivity index (χ2v) is 4.30. The summed E-state index contributed by atoms with van der Waals surface area (Å²) in [7, 11) is 1.58. The molecule has 6 nitrogen and oxygen atoms in total. The lowest BCUT2D eigenvalue weighted by atomic mass is 10.1. The summed E-state index contributed by atoms with van der Waals surface area (Å²) < 4.78 is 0. The maximum atomic E-state index is 11.4. The minimum absolute atomic E-state index is 0.0408. The zero-order valence-corrected chi connectivity index (χ0v) is 10.3. The normalized spacial score (nSPS) is 14.7. The van der Waals surface area contributed by atoms with Crippen molar-refractivity contribution in [2.24, 2.45) is 0 Å². The Labute approximate surface area is 105 Å². The second kappa shape index (κ2) is 4.56. The van der Waals surface area contributed by atoms with Crippen LogP contribution in [-0.4, -0.2) is 24.9 Å². The highest BCUT2D eigenvalue weighted by atomic mass is 16.2. The van der Waals surface area contributed by atoms with E-state index in [-0.39, 0.29) is 11.8 Å². The van der Waals surface area contributed by atoms with E-state index in [9.17, 15) is 9.59 Å². The van der Waals surface area contributed by atoms with Crippen molar-refractivity contribution in [3.63, 3.8) is 0 Å². The molecule has 1 unspecified atom stereocenters. The van der Waals surface area contributed by atoms with Crippen LogP contribution in [0.3, 0.4) is 0 Å². The SMILES string of the molecule is CNC(=O)C(C)Nc1cc2c(cc1N)CC(=O)N2. The van der Waals surface area contributed by atoms with Crippen molar-refractivity contribution >= 4 is 28.9 Å². The molecule has 2 amide bonds. The Morgan fingerprint density at radius 1 is 1.50 bits per heavy atom. The zero-order chi connectivity index (χ0) is 13.3. The van der Waals surface area contributed by atoms with Crippen LogP contribution in [0.15, 0.2) is 12.1 Å². The van der Waals surface area contributed by atoms with E-state index < -0.39 is 6.04 Å². The lowest BCUT2D eigenvalue weighted by molar-refractivity contribution is -0.121. The van der Waals surface area contributed by atoms with Crippen molar-refractivity contribution in [1.82, 2.24) is 5.32 Å². The third kappa shape index (κ3) is 2.22. The van der Waals surface area contributed by atoms with E-state index in [1.807, 2.05) is 0 Å². The van der Waals surface area contributed by atoms with Gasteiger partial charge in [-0.1, -0.05) is 0 Å². The van der Waals surface area contributed by atoms with Gasteiger partial charge in [-0.25, -0.2) is 0 Å². The van der Waals surface area contributed by atoms with Crippen molar-refractivity contribution in [3.8, 4) is 0 Å². The Bertz CT molecular complexity index is 513. The minimum atomic E-state index is -0.396. The number of amides is 2. The van der Waals surface area contributed by atoms with Crippen LogP contribution in [0, 0.1) is 0 Å². The Balaban J connectivity index is 2.22. The molecule has 0 aliphatic carbocycles. The Kier molecular flexibility index (Phi) is 3.10. The van der Waals surface area contributed by atoms with Gasteiger partial charge in [-0.2, -0.15) is 0 Å². The molecule has 0 bridgehead atoms. The van der Waals surface area contributed by atoms with Gasteiger partial charge in [-0.3, -0.25) is 9.59 Å². The molecule has 1 aromatic carbocycles. The second-order valence-electron chi connectivity index (χ2n) is 4.30. The molecule has 1 heterocycles. The Hall–Kier alpha value is -2.24. The number of nitrogen functional groups attached to an aromatic ring is 1. The van der Waals surface area contributed by atoms with Crippen LogP contribution in [-0.2, 0) is 16.0 Å². The lowest BCUT2D eigenvalue weighted by Gasteiger charge is -2.16. The molecule has 1 aliphatic rings. The van der Waals surface area contributed by atoms with E-state index in [4.69, 9.17) is 5.73 Å². The average molecular weight is 248 g/mol. The third-order valence-electron chi connectivity index (χ3n) is 2.91. The van der Waals surface area contributed by atoms with E-state index in [0.717, 1.165) is 11.3 Å².